The molecular formula is C25H22N2O. The van der Waals surface area contributed by atoms with Gasteiger partial charge in [-0.25, -0.2) is 0 Å². The summed E-state index contributed by atoms with van der Waals surface area (Å²) >= 11 is 0. The van der Waals surface area contributed by atoms with E-state index in [0.29, 0.717) is 0 Å². The molecule has 2 heterocycles. The molecule has 2 aromatic carbocycles. The molecule has 0 saturated heterocycles. The number of methoxy groups -OCH3 is 1. The van der Waals surface area contributed by atoms with Gasteiger partial charge in [-0.15, -0.1) is 0 Å². The Morgan fingerprint density at radius 2 is 1.18 bits per heavy atom. The largest absolute Gasteiger partial charge is 0.497 e. The van der Waals surface area contributed by atoms with E-state index >= 15 is 0 Å². The number of hydrogen-bond donors (Lipinski definition) is 0. The molecule has 0 aliphatic carbocycles. The van der Waals surface area contributed by atoms with Crippen molar-refractivity contribution in [2.24, 2.45) is 0 Å². The summed E-state index contributed by atoms with van der Waals surface area (Å²) in [7, 11) is 1.69. The number of benzene rings is 2. The lowest BCUT2D eigenvalue weighted by Gasteiger charge is -2.16. The number of hydrogen-bond acceptors (Lipinski definition) is 3. The first-order chi connectivity index (χ1) is 13.7. The summed E-state index contributed by atoms with van der Waals surface area (Å²) < 4.78 is 5.50. The molecule has 2 aromatic heterocycles. The van der Waals surface area contributed by atoms with E-state index in [1.807, 2.05) is 30.6 Å². The van der Waals surface area contributed by atoms with Crippen LogP contribution in [0.1, 0.15) is 11.1 Å². The molecule has 0 atom stereocenters. The summed E-state index contributed by atoms with van der Waals surface area (Å²) in [5, 5.41) is 0. The molecule has 4 aromatic rings. The first-order valence-electron chi connectivity index (χ1n) is 9.30. The van der Waals surface area contributed by atoms with Gasteiger partial charge in [0, 0.05) is 23.5 Å². The molecule has 138 valence electrons. The van der Waals surface area contributed by atoms with Crippen molar-refractivity contribution in [3.05, 3.63) is 90.3 Å². The summed E-state index contributed by atoms with van der Waals surface area (Å²) in [5.41, 5.74) is 8.65. The molecule has 0 radical (unpaired) electrons. The summed E-state index contributed by atoms with van der Waals surface area (Å²) in [5.74, 6) is 0.815. The minimum Gasteiger partial charge on any atom is -0.497 e. The molecule has 0 aliphatic rings. The van der Waals surface area contributed by atoms with Gasteiger partial charge in [-0.2, -0.15) is 0 Å². The minimum absolute atomic E-state index is 0.815. The Hall–Kier alpha value is -3.46. The lowest BCUT2D eigenvalue weighted by molar-refractivity contribution is 0.415. The predicted molar refractivity (Wildman–Crippen MR) is 114 cm³/mol. The maximum absolute atomic E-state index is 5.50. The Bertz CT molecular complexity index is 1130. The van der Waals surface area contributed by atoms with E-state index in [1.54, 1.807) is 7.11 Å². The number of aryl methyl sites for hydroxylation is 2. The molecule has 0 fully saturated rings. The van der Waals surface area contributed by atoms with Crippen LogP contribution in [-0.2, 0) is 0 Å². The molecule has 0 spiro atoms. The SMILES string of the molecule is COc1ccc(-c2ccccc2-c2ncccc2C)c(-c2ncccc2C)c1. The number of rotatable bonds is 4. The van der Waals surface area contributed by atoms with Gasteiger partial charge < -0.3 is 4.74 Å². The Morgan fingerprint density at radius 1 is 0.607 bits per heavy atom. The molecule has 3 nitrogen and oxygen atoms in total. The van der Waals surface area contributed by atoms with Gasteiger partial charge in [0.25, 0.3) is 0 Å². The highest BCUT2D eigenvalue weighted by Crippen LogP contribution is 2.40. The summed E-state index contributed by atoms with van der Waals surface area (Å²) in [6.45, 7) is 4.18. The van der Waals surface area contributed by atoms with E-state index in [2.05, 4.69) is 72.3 Å². The standard InChI is InChI=1S/C25H22N2O/c1-17-8-6-14-26-24(17)22-11-5-4-10-20(22)21-13-12-19(28-3)16-23(21)25-18(2)9-7-15-27-25/h4-16H,1-3H3. The van der Waals surface area contributed by atoms with Crippen molar-refractivity contribution in [2.75, 3.05) is 7.11 Å². The van der Waals surface area contributed by atoms with Gasteiger partial charge in [0.1, 0.15) is 5.75 Å². The zero-order valence-electron chi connectivity index (χ0n) is 16.3. The molecule has 0 bridgehead atoms. The number of aromatic nitrogens is 2. The maximum atomic E-state index is 5.50. The first-order valence-corrected chi connectivity index (χ1v) is 9.30. The Kier molecular flexibility index (Phi) is 4.90. The Morgan fingerprint density at radius 3 is 1.79 bits per heavy atom. The Labute approximate surface area is 165 Å². The van der Waals surface area contributed by atoms with Crippen LogP contribution in [0.25, 0.3) is 33.6 Å². The second-order valence-corrected chi connectivity index (χ2v) is 6.79. The van der Waals surface area contributed by atoms with Gasteiger partial charge in [-0.3, -0.25) is 9.97 Å². The number of nitrogens with zero attached hydrogens (tertiary/aromatic N) is 2. The summed E-state index contributed by atoms with van der Waals surface area (Å²) in [6, 6.07) is 22.7. The van der Waals surface area contributed by atoms with E-state index in [-0.39, 0.29) is 0 Å². The molecule has 4 rings (SSSR count). The molecular weight excluding hydrogens is 344 g/mol. The van der Waals surface area contributed by atoms with E-state index in [0.717, 1.165) is 50.5 Å². The predicted octanol–water partition coefficient (Wildman–Crippen LogP) is 6.10. The van der Waals surface area contributed by atoms with Crippen LogP contribution < -0.4 is 4.74 Å². The zero-order valence-corrected chi connectivity index (χ0v) is 16.3. The first kappa shape index (κ1) is 17.9. The van der Waals surface area contributed by atoms with E-state index in [4.69, 9.17) is 4.74 Å². The van der Waals surface area contributed by atoms with Crippen molar-refractivity contribution in [1.29, 1.82) is 0 Å². The fraction of sp³-hybridized carbons (Fsp3) is 0.120. The average molecular weight is 366 g/mol. The van der Waals surface area contributed by atoms with Crippen molar-refractivity contribution < 1.29 is 4.74 Å². The van der Waals surface area contributed by atoms with Crippen LogP contribution in [0.2, 0.25) is 0 Å². The molecule has 3 heteroatoms. The second-order valence-electron chi connectivity index (χ2n) is 6.79. The number of ether oxygens (including phenoxy) is 1. The third kappa shape index (κ3) is 3.27. The monoisotopic (exact) mass is 366 g/mol. The lowest BCUT2D eigenvalue weighted by Crippen LogP contribution is -1.95. The van der Waals surface area contributed by atoms with E-state index < -0.39 is 0 Å². The van der Waals surface area contributed by atoms with Gasteiger partial charge >= 0.3 is 0 Å². The molecule has 0 unspecified atom stereocenters. The van der Waals surface area contributed by atoms with Crippen LogP contribution in [0.15, 0.2) is 79.1 Å². The fourth-order valence-electron chi connectivity index (χ4n) is 3.54. The lowest BCUT2D eigenvalue weighted by atomic mass is 9.90. The Balaban J connectivity index is 2.00. The van der Waals surface area contributed by atoms with Gasteiger partial charge in [0.15, 0.2) is 0 Å². The highest BCUT2D eigenvalue weighted by atomic mass is 16.5. The second kappa shape index (κ2) is 7.65. The van der Waals surface area contributed by atoms with Crippen LogP contribution in [0.3, 0.4) is 0 Å². The quantitative estimate of drug-likeness (QED) is 0.437. The fourth-order valence-corrected chi connectivity index (χ4v) is 3.54. The van der Waals surface area contributed by atoms with Gasteiger partial charge in [-0.05, 0) is 66.4 Å². The number of pyridine rings is 2. The highest BCUT2D eigenvalue weighted by molar-refractivity contribution is 5.91. The van der Waals surface area contributed by atoms with Crippen molar-refractivity contribution in [3.63, 3.8) is 0 Å². The summed E-state index contributed by atoms with van der Waals surface area (Å²) in [6.07, 6.45) is 3.68. The third-order valence-electron chi connectivity index (χ3n) is 4.97. The molecule has 0 amide bonds. The third-order valence-corrected chi connectivity index (χ3v) is 4.97. The van der Waals surface area contributed by atoms with Crippen molar-refractivity contribution in [3.8, 4) is 39.4 Å². The van der Waals surface area contributed by atoms with Gasteiger partial charge in [-0.1, -0.05) is 36.4 Å². The van der Waals surface area contributed by atoms with Crippen molar-refractivity contribution >= 4 is 0 Å². The normalized spacial score (nSPS) is 10.7. The molecule has 28 heavy (non-hydrogen) atoms. The molecule has 0 saturated carbocycles. The maximum Gasteiger partial charge on any atom is 0.119 e. The van der Waals surface area contributed by atoms with Crippen LogP contribution in [0.5, 0.6) is 5.75 Å². The summed E-state index contributed by atoms with van der Waals surface area (Å²) in [4.78, 5) is 9.31. The van der Waals surface area contributed by atoms with Crippen LogP contribution in [0.4, 0.5) is 0 Å². The van der Waals surface area contributed by atoms with Crippen LogP contribution >= 0.6 is 0 Å². The average Bonchev–Trinajstić information content (AvgIpc) is 2.74. The van der Waals surface area contributed by atoms with Gasteiger partial charge in [0.05, 0.1) is 18.5 Å². The smallest absolute Gasteiger partial charge is 0.119 e. The van der Waals surface area contributed by atoms with Crippen LogP contribution in [-0.4, -0.2) is 17.1 Å². The molecule has 0 N–H and O–H groups in total. The zero-order chi connectivity index (χ0) is 19.5. The van der Waals surface area contributed by atoms with Crippen LogP contribution in [0, 0.1) is 13.8 Å². The molecule has 0 aliphatic heterocycles. The van der Waals surface area contributed by atoms with Crippen molar-refractivity contribution in [1.82, 2.24) is 9.97 Å². The van der Waals surface area contributed by atoms with E-state index in [9.17, 15) is 0 Å². The van der Waals surface area contributed by atoms with E-state index in [1.165, 1.54) is 0 Å². The minimum atomic E-state index is 0.815. The van der Waals surface area contributed by atoms with Crippen molar-refractivity contribution in [2.45, 2.75) is 13.8 Å². The highest BCUT2D eigenvalue weighted by Gasteiger charge is 2.16. The van der Waals surface area contributed by atoms with Gasteiger partial charge in [0.2, 0.25) is 0 Å². The topological polar surface area (TPSA) is 35.0 Å².